The Morgan fingerprint density at radius 1 is 1.36 bits per heavy atom. The lowest BCUT2D eigenvalue weighted by atomic mass is 10.0. The molecule has 22 heavy (non-hydrogen) atoms. The zero-order chi connectivity index (χ0) is 15.9. The highest BCUT2D eigenvalue weighted by Gasteiger charge is 2.40. The van der Waals surface area contributed by atoms with Crippen molar-refractivity contribution in [2.75, 3.05) is 13.1 Å². The molecule has 1 aliphatic rings. The third-order valence-corrected chi connectivity index (χ3v) is 6.13. The third kappa shape index (κ3) is 2.38. The van der Waals surface area contributed by atoms with Crippen molar-refractivity contribution in [2.24, 2.45) is 5.92 Å². The average molecular weight is 340 g/mol. The molecule has 118 valence electrons. The Labute approximate surface area is 132 Å². The molecular weight excluding hydrogens is 324 g/mol. The van der Waals surface area contributed by atoms with E-state index in [-0.39, 0.29) is 23.3 Å². The van der Waals surface area contributed by atoms with E-state index in [4.69, 9.17) is 0 Å². The van der Waals surface area contributed by atoms with Crippen LogP contribution in [0.3, 0.4) is 0 Å². The fourth-order valence-corrected chi connectivity index (χ4v) is 5.16. The van der Waals surface area contributed by atoms with Crippen molar-refractivity contribution < 1.29 is 13.2 Å². The fourth-order valence-electron chi connectivity index (χ4n) is 2.68. The van der Waals surface area contributed by atoms with Crippen LogP contribution in [0.5, 0.6) is 0 Å². The molecule has 1 aromatic heterocycles. The molecule has 0 saturated carbocycles. The Bertz CT molecular complexity index is 816. The summed E-state index contributed by atoms with van der Waals surface area (Å²) in [4.78, 5) is 12.2. The Hall–Kier alpha value is -1.58. The SMILES string of the molecule is CC(C)C1C(=O)NCCN1S(=O)(=O)c1cccc2nsnc12. The third-order valence-electron chi connectivity index (χ3n) is 3.68. The number of hydrogen-bond acceptors (Lipinski definition) is 6. The first-order valence-corrected chi connectivity index (χ1v) is 9.11. The highest BCUT2D eigenvalue weighted by atomic mass is 32.2. The van der Waals surface area contributed by atoms with Gasteiger partial charge in [0.15, 0.2) is 0 Å². The summed E-state index contributed by atoms with van der Waals surface area (Å²) in [6.45, 7) is 4.24. The van der Waals surface area contributed by atoms with Crippen LogP contribution in [0.4, 0.5) is 0 Å². The number of sulfonamides is 1. The molecule has 3 rings (SSSR count). The summed E-state index contributed by atoms with van der Waals surface area (Å²) in [6.07, 6.45) is 0. The Balaban J connectivity index is 2.12. The molecule has 1 amide bonds. The molecule has 1 fully saturated rings. The zero-order valence-corrected chi connectivity index (χ0v) is 13.8. The van der Waals surface area contributed by atoms with Gasteiger partial charge in [0.1, 0.15) is 22.0 Å². The van der Waals surface area contributed by atoms with Crippen LogP contribution in [-0.4, -0.2) is 46.5 Å². The van der Waals surface area contributed by atoms with Crippen molar-refractivity contribution >= 4 is 38.7 Å². The topological polar surface area (TPSA) is 92.3 Å². The van der Waals surface area contributed by atoms with E-state index in [0.29, 0.717) is 17.6 Å². The van der Waals surface area contributed by atoms with E-state index in [0.717, 1.165) is 11.7 Å². The first-order valence-electron chi connectivity index (χ1n) is 6.94. The molecule has 9 heteroatoms. The van der Waals surface area contributed by atoms with Crippen molar-refractivity contribution in [1.29, 1.82) is 0 Å². The Kier molecular flexibility index (Phi) is 3.87. The highest BCUT2D eigenvalue weighted by molar-refractivity contribution is 7.89. The molecule has 1 aliphatic heterocycles. The minimum atomic E-state index is -3.81. The number of fused-ring (bicyclic) bond motifs is 1. The number of carbonyl (C=O) groups is 1. The predicted octanol–water partition coefficient (Wildman–Crippen LogP) is 0.836. The van der Waals surface area contributed by atoms with Crippen LogP contribution >= 0.6 is 11.7 Å². The number of piperazine rings is 1. The molecular formula is C13H16N4O3S2. The molecule has 7 nitrogen and oxygen atoms in total. The number of nitrogens with zero attached hydrogens (tertiary/aromatic N) is 3. The number of aromatic nitrogens is 2. The molecule has 1 aromatic carbocycles. The maximum absolute atomic E-state index is 13.0. The summed E-state index contributed by atoms with van der Waals surface area (Å²) >= 11 is 0.975. The van der Waals surface area contributed by atoms with Gasteiger partial charge >= 0.3 is 0 Å². The number of rotatable bonds is 3. The maximum Gasteiger partial charge on any atom is 0.246 e. The minimum Gasteiger partial charge on any atom is -0.353 e. The molecule has 1 atom stereocenters. The fraction of sp³-hybridized carbons (Fsp3) is 0.462. The number of hydrogen-bond donors (Lipinski definition) is 1. The summed E-state index contributed by atoms with van der Waals surface area (Å²) < 4.78 is 35.5. The van der Waals surface area contributed by atoms with E-state index in [2.05, 4.69) is 14.1 Å². The van der Waals surface area contributed by atoms with Crippen LogP contribution in [-0.2, 0) is 14.8 Å². The van der Waals surface area contributed by atoms with E-state index < -0.39 is 16.1 Å². The van der Waals surface area contributed by atoms with Crippen molar-refractivity contribution in [3.63, 3.8) is 0 Å². The number of carbonyl (C=O) groups excluding carboxylic acids is 1. The molecule has 0 radical (unpaired) electrons. The van der Waals surface area contributed by atoms with Crippen molar-refractivity contribution in [3.8, 4) is 0 Å². The summed E-state index contributed by atoms with van der Waals surface area (Å²) in [6, 6.07) is 4.18. The lowest BCUT2D eigenvalue weighted by molar-refractivity contribution is -0.128. The van der Waals surface area contributed by atoms with Gasteiger partial charge in [-0.25, -0.2) is 8.42 Å². The van der Waals surface area contributed by atoms with E-state index in [1.165, 1.54) is 10.4 Å². The van der Waals surface area contributed by atoms with Gasteiger partial charge < -0.3 is 5.32 Å². The summed E-state index contributed by atoms with van der Waals surface area (Å²) in [5.41, 5.74) is 0.912. The van der Waals surface area contributed by atoms with Gasteiger partial charge in [-0.15, -0.1) is 0 Å². The van der Waals surface area contributed by atoms with Gasteiger partial charge in [0.2, 0.25) is 15.9 Å². The van der Waals surface area contributed by atoms with E-state index in [1.54, 1.807) is 12.1 Å². The van der Waals surface area contributed by atoms with Gasteiger partial charge in [-0.05, 0) is 18.1 Å². The summed E-state index contributed by atoms with van der Waals surface area (Å²) in [5, 5.41) is 2.73. The van der Waals surface area contributed by atoms with Crippen molar-refractivity contribution in [2.45, 2.75) is 24.8 Å². The summed E-state index contributed by atoms with van der Waals surface area (Å²) in [7, 11) is -3.81. The second-order valence-electron chi connectivity index (χ2n) is 5.48. The second kappa shape index (κ2) is 5.56. The summed E-state index contributed by atoms with van der Waals surface area (Å²) in [5.74, 6) is -0.378. The van der Waals surface area contributed by atoms with Crippen LogP contribution in [0.15, 0.2) is 23.1 Å². The quantitative estimate of drug-likeness (QED) is 0.894. The molecule has 2 heterocycles. The van der Waals surface area contributed by atoms with E-state index in [9.17, 15) is 13.2 Å². The number of amides is 1. The van der Waals surface area contributed by atoms with Gasteiger partial charge in [-0.2, -0.15) is 13.1 Å². The Morgan fingerprint density at radius 2 is 2.14 bits per heavy atom. The van der Waals surface area contributed by atoms with Gasteiger partial charge in [0.25, 0.3) is 0 Å². The lowest BCUT2D eigenvalue weighted by Crippen LogP contribution is -2.59. The van der Waals surface area contributed by atoms with Crippen LogP contribution in [0, 0.1) is 5.92 Å². The smallest absolute Gasteiger partial charge is 0.246 e. The molecule has 0 aliphatic carbocycles. The molecule has 2 aromatic rings. The lowest BCUT2D eigenvalue weighted by Gasteiger charge is -2.36. The molecule has 1 unspecified atom stereocenters. The largest absolute Gasteiger partial charge is 0.353 e. The molecule has 1 N–H and O–H groups in total. The van der Waals surface area contributed by atoms with Crippen LogP contribution < -0.4 is 5.32 Å². The van der Waals surface area contributed by atoms with Crippen LogP contribution in [0.25, 0.3) is 11.0 Å². The maximum atomic E-state index is 13.0. The first kappa shape index (κ1) is 15.3. The molecule has 1 saturated heterocycles. The van der Waals surface area contributed by atoms with Gasteiger partial charge in [0.05, 0.1) is 11.7 Å². The van der Waals surface area contributed by atoms with E-state index >= 15 is 0 Å². The standard InChI is InChI=1S/C13H16N4O3S2/c1-8(2)12-13(18)14-6-7-17(12)22(19,20)10-5-3-4-9-11(10)16-21-15-9/h3-5,8,12H,6-7H2,1-2H3,(H,14,18). The van der Waals surface area contributed by atoms with Crippen LogP contribution in [0.2, 0.25) is 0 Å². The van der Waals surface area contributed by atoms with Crippen molar-refractivity contribution in [1.82, 2.24) is 18.4 Å². The number of benzene rings is 1. The van der Waals surface area contributed by atoms with Gasteiger partial charge in [-0.1, -0.05) is 19.9 Å². The van der Waals surface area contributed by atoms with Gasteiger partial charge in [-0.3, -0.25) is 4.79 Å². The Morgan fingerprint density at radius 3 is 2.86 bits per heavy atom. The zero-order valence-electron chi connectivity index (χ0n) is 12.2. The molecule has 0 spiro atoms. The van der Waals surface area contributed by atoms with E-state index in [1.807, 2.05) is 13.8 Å². The van der Waals surface area contributed by atoms with Crippen molar-refractivity contribution in [3.05, 3.63) is 18.2 Å². The normalized spacial score (nSPS) is 20.5. The number of nitrogens with one attached hydrogen (secondary N) is 1. The highest BCUT2D eigenvalue weighted by Crippen LogP contribution is 2.28. The monoisotopic (exact) mass is 340 g/mol. The van der Waals surface area contributed by atoms with Gasteiger partial charge in [0, 0.05) is 13.1 Å². The molecule has 0 bridgehead atoms. The predicted molar refractivity (Wildman–Crippen MR) is 82.9 cm³/mol. The average Bonchev–Trinajstić information content (AvgIpc) is 2.94. The second-order valence-corrected chi connectivity index (χ2v) is 7.87. The minimum absolute atomic E-state index is 0.110. The van der Waals surface area contributed by atoms with Crippen LogP contribution in [0.1, 0.15) is 13.8 Å². The first-order chi connectivity index (χ1) is 10.4.